The molecule has 0 heterocycles. The Hall–Kier alpha value is -2.32. The first kappa shape index (κ1) is 14.6. The molecule has 3 aromatic rings. The first-order chi connectivity index (χ1) is 10.7. The number of fused-ring (bicyclic) bond motifs is 1. The summed E-state index contributed by atoms with van der Waals surface area (Å²) < 4.78 is 5.65. The van der Waals surface area contributed by atoms with E-state index >= 15 is 0 Å². The van der Waals surface area contributed by atoms with E-state index in [2.05, 4.69) is 73.6 Å². The fourth-order valence-corrected chi connectivity index (χ4v) is 2.97. The maximum absolute atomic E-state index is 5.65. The van der Waals surface area contributed by atoms with Gasteiger partial charge < -0.3 is 9.64 Å². The third kappa shape index (κ3) is 2.70. The second kappa shape index (κ2) is 6.20. The predicted molar refractivity (Wildman–Crippen MR) is 93.3 cm³/mol. The standard InChI is InChI=1S/C20H21NO/c1-21(2)14-16-10-7-13-19(22-3)20(16)18-12-6-9-15-8-4-5-11-17(15)18/h4-13H,14H2,1-3H3. The third-order valence-electron chi connectivity index (χ3n) is 3.88. The van der Waals surface area contributed by atoms with Crippen molar-refractivity contribution < 1.29 is 4.74 Å². The molecule has 0 saturated heterocycles. The fourth-order valence-electron chi connectivity index (χ4n) is 2.97. The van der Waals surface area contributed by atoms with Crippen LogP contribution in [0.5, 0.6) is 5.75 Å². The third-order valence-corrected chi connectivity index (χ3v) is 3.88. The normalized spacial score (nSPS) is 11.1. The molecule has 2 heteroatoms. The Morgan fingerprint density at radius 3 is 2.36 bits per heavy atom. The molecule has 112 valence electrons. The smallest absolute Gasteiger partial charge is 0.127 e. The van der Waals surface area contributed by atoms with E-state index in [9.17, 15) is 0 Å². The van der Waals surface area contributed by atoms with Crippen LogP contribution in [0.3, 0.4) is 0 Å². The maximum atomic E-state index is 5.65. The number of nitrogens with zero attached hydrogens (tertiary/aromatic N) is 1. The highest BCUT2D eigenvalue weighted by Gasteiger charge is 2.14. The van der Waals surface area contributed by atoms with Crippen molar-refractivity contribution in [1.29, 1.82) is 0 Å². The van der Waals surface area contributed by atoms with E-state index in [1.54, 1.807) is 7.11 Å². The van der Waals surface area contributed by atoms with Crippen molar-refractivity contribution in [2.75, 3.05) is 21.2 Å². The van der Waals surface area contributed by atoms with Gasteiger partial charge in [-0.2, -0.15) is 0 Å². The van der Waals surface area contributed by atoms with Gasteiger partial charge in [-0.25, -0.2) is 0 Å². The molecular weight excluding hydrogens is 270 g/mol. The Bertz CT molecular complexity index is 787. The topological polar surface area (TPSA) is 12.5 Å². The van der Waals surface area contributed by atoms with Crippen molar-refractivity contribution in [3.8, 4) is 16.9 Å². The summed E-state index contributed by atoms with van der Waals surface area (Å²) in [7, 11) is 5.92. The Balaban J connectivity index is 2.29. The fraction of sp³-hybridized carbons (Fsp3) is 0.200. The van der Waals surface area contributed by atoms with Crippen LogP contribution in [0.25, 0.3) is 21.9 Å². The molecule has 0 bridgehead atoms. The minimum absolute atomic E-state index is 0.885. The summed E-state index contributed by atoms with van der Waals surface area (Å²) in [6, 6.07) is 21.2. The zero-order chi connectivity index (χ0) is 15.5. The summed E-state index contributed by atoms with van der Waals surface area (Å²) in [5.74, 6) is 0.927. The monoisotopic (exact) mass is 291 g/mol. The summed E-state index contributed by atoms with van der Waals surface area (Å²) in [4.78, 5) is 2.18. The lowest BCUT2D eigenvalue weighted by atomic mass is 9.93. The van der Waals surface area contributed by atoms with Gasteiger partial charge in [0.15, 0.2) is 0 Å². The summed E-state index contributed by atoms with van der Waals surface area (Å²) in [5.41, 5.74) is 3.70. The van der Waals surface area contributed by atoms with Crippen LogP contribution in [0, 0.1) is 0 Å². The van der Waals surface area contributed by atoms with Crippen LogP contribution in [0.15, 0.2) is 60.7 Å². The van der Waals surface area contributed by atoms with Crippen LogP contribution in [-0.4, -0.2) is 26.1 Å². The predicted octanol–water partition coefficient (Wildman–Crippen LogP) is 4.58. The van der Waals surface area contributed by atoms with E-state index in [-0.39, 0.29) is 0 Å². The van der Waals surface area contributed by atoms with Crippen LogP contribution in [0.1, 0.15) is 5.56 Å². The average Bonchev–Trinajstić information content (AvgIpc) is 2.53. The van der Waals surface area contributed by atoms with Gasteiger partial charge in [0, 0.05) is 12.1 Å². The highest BCUT2D eigenvalue weighted by molar-refractivity contribution is 5.98. The van der Waals surface area contributed by atoms with Gasteiger partial charge in [-0.1, -0.05) is 54.6 Å². The summed E-state index contributed by atoms with van der Waals surface area (Å²) >= 11 is 0. The molecule has 0 aliphatic heterocycles. The van der Waals surface area contributed by atoms with Crippen molar-refractivity contribution in [2.45, 2.75) is 6.54 Å². The minimum Gasteiger partial charge on any atom is -0.496 e. The maximum Gasteiger partial charge on any atom is 0.127 e. The van der Waals surface area contributed by atoms with E-state index < -0.39 is 0 Å². The molecule has 22 heavy (non-hydrogen) atoms. The van der Waals surface area contributed by atoms with Gasteiger partial charge in [0.05, 0.1) is 7.11 Å². The lowest BCUT2D eigenvalue weighted by molar-refractivity contribution is 0.397. The van der Waals surface area contributed by atoms with E-state index in [4.69, 9.17) is 4.74 Å². The van der Waals surface area contributed by atoms with Crippen molar-refractivity contribution in [2.24, 2.45) is 0 Å². The van der Waals surface area contributed by atoms with Gasteiger partial charge in [0.2, 0.25) is 0 Å². The lowest BCUT2D eigenvalue weighted by Crippen LogP contribution is -2.11. The quantitative estimate of drug-likeness (QED) is 0.698. The van der Waals surface area contributed by atoms with Gasteiger partial charge >= 0.3 is 0 Å². The van der Waals surface area contributed by atoms with E-state index in [1.807, 2.05) is 6.07 Å². The van der Waals surface area contributed by atoms with Crippen molar-refractivity contribution in [3.05, 3.63) is 66.2 Å². The Kier molecular flexibility index (Phi) is 4.12. The highest BCUT2D eigenvalue weighted by Crippen LogP contribution is 2.37. The second-order valence-electron chi connectivity index (χ2n) is 5.76. The Labute approximate surface area is 132 Å². The molecule has 3 rings (SSSR count). The molecule has 0 amide bonds. The molecule has 3 aromatic carbocycles. The molecule has 0 aliphatic carbocycles. The number of methoxy groups -OCH3 is 1. The van der Waals surface area contributed by atoms with E-state index in [0.29, 0.717) is 0 Å². The molecule has 0 saturated carbocycles. The number of rotatable bonds is 4. The minimum atomic E-state index is 0.885. The van der Waals surface area contributed by atoms with Gasteiger partial charge in [-0.05, 0) is 42.1 Å². The van der Waals surface area contributed by atoms with Gasteiger partial charge in [-0.3, -0.25) is 0 Å². The highest BCUT2D eigenvalue weighted by atomic mass is 16.5. The van der Waals surface area contributed by atoms with Crippen molar-refractivity contribution in [3.63, 3.8) is 0 Å². The molecule has 0 radical (unpaired) electrons. The molecular formula is C20H21NO. The van der Waals surface area contributed by atoms with Crippen LogP contribution < -0.4 is 4.74 Å². The van der Waals surface area contributed by atoms with Crippen LogP contribution in [0.2, 0.25) is 0 Å². The zero-order valence-corrected chi connectivity index (χ0v) is 13.3. The summed E-state index contributed by atoms with van der Waals surface area (Å²) in [6.45, 7) is 0.885. The van der Waals surface area contributed by atoms with Gasteiger partial charge in [0.1, 0.15) is 5.75 Å². The number of ether oxygens (including phenoxy) is 1. The molecule has 0 atom stereocenters. The van der Waals surface area contributed by atoms with Crippen molar-refractivity contribution >= 4 is 10.8 Å². The SMILES string of the molecule is COc1cccc(CN(C)C)c1-c1cccc2ccccc12. The molecule has 0 unspecified atom stereocenters. The molecule has 2 nitrogen and oxygen atoms in total. The Morgan fingerprint density at radius 2 is 1.59 bits per heavy atom. The summed E-state index contributed by atoms with van der Waals surface area (Å²) in [5, 5.41) is 2.51. The van der Waals surface area contributed by atoms with Crippen LogP contribution in [0.4, 0.5) is 0 Å². The van der Waals surface area contributed by atoms with E-state index in [1.165, 1.54) is 27.5 Å². The van der Waals surface area contributed by atoms with Gasteiger partial charge in [-0.15, -0.1) is 0 Å². The van der Waals surface area contributed by atoms with Crippen molar-refractivity contribution in [1.82, 2.24) is 4.90 Å². The molecule has 0 aliphatic rings. The first-order valence-corrected chi connectivity index (χ1v) is 7.49. The average molecular weight is 291 g/mol. The van der Waals surface area contributed by atoms with Gasteiger partial charge in [0.25, 0.3) is 0 Å². The molecule has 0 aromatic heterocycles. The van der Waals surface area contributed by atoms with E-state index in [0.717, 1.165) is 12.3 Å². The largest absolute Gasteiger partial charge is 0.496 e. The molecule has 0 N–H and O–H groups in total. The number of hydrogen-bond acceptors (Lipinski definition) is 2. The first-order valence-electron chi connectivity index (χ1n) is 7.49. The zero-order valence-electron chi connectivity index (χ0n) is 13.3. The Morgan fingerprint density at radius 1 is 0.864 bits per heavy atom. The lowest BCUT2D eigenvalue weighted by Gasteiger charge is -2.18. The molecule has 0 fully saturated rings. The second-order valence-corrected chi connectivity index (χ2v) is 5.76. The number of hydrogen-bond donors (Lipinski definition) is 0. The van der Waals surface area contributed by atoms with Crippen LogP contribution in [-0.2, 0) is 6.54 Å². The molecule has 0 spiro atoms. The van der Waals surface area contributed by atoms with Crippen LogP contribution >= 0.6 is 0 Å². The number of benzene rings is 3. The summed E-state index contributed by atoms with van der Waals surface area (Å²) in [6.07, 6.45) is 0.